The molecule has 5 rings (SSSR count). The minimum Gasteiger partial charge on any atom is -0.471 e. The van der Waals surface area contributed by atoms with E-state index < -0.39 is 0 Å². The Balaban J connectivity index is 0.000000503. The van der Waals surface area contributed by atoms with Gasteiger partial charge >= 0.3 is 5.97 Å². The zero-order chi connectivity index (χ0) is 21.7. The van der Waals surface area contributed by atoms with Gasteiger partial charge < -0.3 is 14.2 Å². The Morgan fingerprint density at radius 2 is 1.97 bits per heavy atom. The van der Waals surface area contributed by atoms with Crippen molar-refractivity contribution < 1.29 is 28.6 Å². The molecule has 3 saturated carbocycles. The van der Waals surface area contributed by atoms with Gasteiger partial charge in [-0.25, -0.2) is 0 Å². The van der Waals surface area contributed by atoms with Crippen LogP contribution in [0.1, 0.15) is 72.1 Å². The number of hydrogen-bond donors (Lipinski definition) is 0. The molecule has 4 fully saturated rings. The van der Waals surface area contributed by atoms with Crippen molar-refractivity contribution in [2.75, 3.05) is 7.11 Å². The Morgan fingerprint density at radius 1 is 1.23 bits per heavy atom. The highest BCUT2D eigenvalue weighted by Crippen LogP contribution is 2.75. The van der Waals surface area contributed by atoms with Crippen molar-refractivity contribution in [3.8, 4) is 0 Å². The molecule has 2 unspecified atom stereocenters. The fourth-order valence-electron chi connectivity index (χ4n) is 7.40. The lowest BCUT2D eigenvalue weighted by Gasteiger charge is -2.55. The lowest BCUT2D eigenvalue weighted by molar-refractivity contribution is -0.157. The molecule has 4 aliphatic carbocycles. The molecule has 166 valence electrons. The van der Waals surface area contributed by atoms with Gasteiger partial charge in [-0.05, 0) is 56.4 Å². The van der Waals surface area contributed by atoms with E-state index in [1.54, 1.807) is 0 Å². The Labute approximate surface area is 178 Å². The Kier molecular flexibility index (Phi) is 5.36. The number of methoxy groups -OCH3 is 1. The van der Waals surface area contributed by atoms with E-state index in [-0.39, 0.29) is 40.4 Å². The third kappa shape index (κ3) is 2.89. The topological polar surface area (TPSA) is 82.2 Å². The zero-order valence-corrected chi connectivity index (χ0v) is 18.6. The maximum atomic E-state index is 12.0. The van der Waals surface area contributed by atoms with Crippen molar-refractivity contribution >= 4 is 18.2 Å². The molecule has 1 spiro atoms. The first kappa shape index (κ1) is 21.5. The molecule has 0 aromatic heterocycles. The lowest BCUT2D eigenvalue weighted by atomic mass is 9.47. The van der Waals surface area contributed by atoms with Crippen LogP contribution in [-0.2, 0) is 28.6 Å². The highest BCUT2D eigenvalue weighted by Gasteiger charge is 2.79. The minimum absolute atomic E-state index is 0.0218. The summed E-state index contributed by atoms with van der Waals surface area (Å²) in [4.78, 5) is 32.9. The molecule has 6 heteroatoms. The van der Waals surface area contributed by atoms with E-state index in [1.807, 2.05) is 13.0 Å². The first-order valence-corrected chi connectivity index (χ1v) is 11.3. The summed E-state index contributed by atoms with van der Waals surface area (Å²) < 4.78 is 16.3. The van der Waals surface area contributed by atoms with E-state index in [0.717, 1.165) is 38.5 Å². The van der Waals surface area contributed by atoms with Gasteiger partial charge in [-0.15, -0.1) is 0 Å². The van der Waals surface area contributed by atoms with Crippen molar-refractivity contribution in [3.63, 3.8) is 0 Å². The summed E-state index contributed by atoms with van der Waals surface area (Å²) in [5.41, 5.74) is 1.34. The maximum absolute atomic E-state index is 12.0. The van der Waals surface area contributed by atoms with Crippen LogP contribution in [0, 0.1) is 22.7 Å². The van der Waals surface area contributed by atoms with Gasteiger partial charge in [0.05, 0.1) is 13.2 Å². The Bertz CT molecular complexity index is 774. The van der Waals surface area contributed by atoms with Crippen molar-refractivity contribution in [2.24, 2.45) is 22.7 Å². The largest absolute Gasteiger partial charge is 0.471 e. The molecule has 1 aliphatic heterocycles. The number of esters is 1. The summed E-state index contributed by atoms with van der Waals surface area (Å²) in [5.74, 6) is 1.31. The average Bonchev–Trinajstić information content (AvgIpc) is 3.37. The number of ketones is 1. The molecule has 1 saturated heterocycles. The van der Waals surface area contributed by atoms with E-state index in [9.17, 15) is 9.59 Å². The second-order valence-corrected chi connectivity index (χ2v) is 10.1. The number of carbonyl (C=O) groups excluding carboxylic acids is 3. The molecule has 5 aliphatic rings. The number of carbonyl (C=O) groups is 3. The predicted octanol–water partition coefficient (Wildman–Crippen LogP) is 3.76. The van der Waals surface area contributed by atoms with Gasteiger partial charge in [0.25, 0.3) is 6.47 Å². The lowest BCUT2D eigenvalue weighted by Crippen LogP contribution is -2.58. The van der Waals surface area contributed by atoms with Crippen molar-refractivity contribution in [1.29, 1.82) is 0 Å². The molecule has 0 amide bonds. The van der Waals surface area contributed by atoms with Crippen LogP contribution < -0.4 is 0 Å². The number of hydrogen-bond acceptors (Lipinski definition) is 6. The number of epoxide rings is 1. The van der Waals surface area contributed by atoms with Gasteiger partial charge in [-0.3, -0.25) is 14.4 Å². The molecule has 0 aromatic rings. The monoisotopic (exact) mass is 418 g/mol. The van der Waals surface area contributed by atoms with Crippen LogP contribution in [0.3, 0.4) is 0 Å². The van der Waals surface area contributed by atoms with Crippen LogP contribution >= 0.6 is 0 Å². The fraction of sp³-hybridized carbons (Fsp3) is 0.792. The molecule has 0 bridgehead atoms. The molecule has 1 heterocycles. The van der Waals surface area contributed by atoms with E-state index in [1.165, 1.54) is 12.7 Å². The van der Waals surface area contributed by atoms with Crippen LogP contribution in [0.2, 0.25) is 0 Å². The molecule has 6 nitrogen and oxygen atoms in total. The van der Waals surface area contributed by atoms with E-state index in [2.05, 4.69) is 18.6 Å². The summed E-state index contributed by atoms with van der Waals surface area (Å²) in [6, 6.07) is 0. The van der Waals surface area contributed by atoms with Crippen molar-refractivity contribution in [1.82, 2.24) is 0 Å². The number of ether oxygens (including phenoxy) is 3. The molecule has 7 atom stereocenters. The van der Waals surface area contributed by atoms with Crippen molar-refractivity contribution in [3.05, 3.63) is 11.6 Å². The summed E-state index contributed by atoms with van der Waals surface area (Å²) >= 11 is 0. The van der Waals surface area contributed by atoms with Crippen LogP contribution in [0.15, 0.2) is 11.6 Å². The van der Waals surface area contributed by atoms with E-state index in [0.29, 0.717) is 31.1 Å². The summed E-state index contributed by atoms with van der Waals surface area (Å²) in [7, 11) is 1.31. The highest BCUT2D eigenvalue weighted by atomic mass is 16.6. The standard InChI is InChI=1S/C22H30O4.C2H4O2/c1-4-19(24)25-17-8-7-15-16-6-5-13-11-14(23)9-10-21(13,3)22(16)18(26-22)12-20(15,17)2;1-4-2-3/h11,15-18H,4-10,12H2,1-3H3;2H,1H3/t15?,16-,17-,18+,20-,21-,22?;/m0./s1. The van der Waals surface area contributed by atoms with Crippen LogP contribution in [0.25, 0.3) is 0 Å². The SMILES string of the molecule is CCC(=O)O[C@H]1CCC2[C@@H]3CCC4=CC(=O)CC[C@]4(C)C34O[C@@H]4C[C@@]21C.COC=O. The van der Waals surface area contributed by atoms with Gasteiger partial charge in [0.15, 0.2) is 5.78 Å². The highest BCUT2D eigenvalue weighted by molar-refractivity contribution is 5.91. The second-order valence-electron chi connectivity index (χ2n) is 10.1. The number of fused-ring (bicyclic) bond motifs is 3. The third-order valence-corrected chi connectivity index (χ3v) is 8.90. The minimum atomic E-state index is -0.0722. The quantitative estimate of drug-likeness (QED) is 0.394. The summed E-state index contributed by atoms with van der Waals surface area (Å²) in [6.07, 6.45) is 9.52. The van der Waals surface area contributed by atoms with Gasteiger partial charge in [0.1, 0.15) is 11.7 Å². The Hall–Kier alpha value is -1.69. The predicted molar refractivity (Wildman–Crippen MR) is 109 cm³/mol. The molecule has 0 N–H and O–H groups in total. The Morgan fingerprint density at radius 3 is 2.63 bits per heavy atom. The maximum Gasteiger partial charge on any atom is 0.305 e. The zero-order valence-electron chi connectivity index (χ0n) is 18.6. The molecular formula is C24H34O6. The van der Waals surface area contributed by atoms with Crippen LogP contribution in [-0.4, -0.2) is 43.1 Å². The van der Waals surface area contributed by atoms with Gasteiger partial charge in [-0.2, -0.15) is 0 Å². The average molecular weight is 419 g/mol. The number of rotatable bonds is 3. The van der Waals surface area contributed by atoms with Crippen LogP contribution in [0.4, 0.5) is 0 Å². The van der Waals surface area contributed by atoms with Gasteiger partial charge in [0.2, 0.25) is 0 Å². The molecule has 0 radical (unpaired) electrons. The smallest absolute Gasteiger partial charge is 0.305 e. The summed E-state index contributed by atoms with van der Waals surface area (Å²) in [5, 5.41) is 0. The normalized spacial score (nSPS) is 45.3. The molecular weight excluding hydrogens is 384 g/mol. The van der Waals surface area contributed by atoms with Gasteiger partial charge in [0, 0.05) is 23.7 Å². The fourth-order valence-corrected chi connectivity index (χ4v) is 7.40. The third-order valence-electron chi connectivity index (χ3n) is 8.90. The van der Waals surface area contributed by atoms with Gasteiger partial charge in [-0.1, -0.05) is 26.3 Å². The van der Waals surface area contributed by atoms with Crippen LogP contribution in [0.5, 0.6) is 0 Å². The van der Waals surface area contributed by atoms with E-state index in [4.69, 9.17) is 14.3 Å². The molecule has 30 heavy (non-hydrogen) atoms. The molecule has 0 aromatic carbocycles. The first-order valence-electron chi connectivity index (χ1n) is 11.3. The summed E-state index contributed by atoms with van der Waals surface area (Å²) in [6.45, 7) is 6.93. The first-order chi connectivity index (χ1) is 14.3. The van der Waals surface area contributed by atoms with E-state index >= 15 is 0 Å². The van der Waals surface area contributed by atoms with Crippen molar-refractivity contribution in [2.45, 2.75) is 89.9 Å². The second kappa shape index (κ2) is 7.47.